The summed E-state index contributed by atoms with van der Waals surface area (Å²) in [5.41, 5.74) is 0.569. The Morgan fingerprint density at radius 3 is 2.86 bits per heavy atom. The molecule has 0 unspecified atom stereocenters. The smallest absolute Gasteiger partial charge is 0.352 e. The van der Waals surface area contributed by atoms with E-state index < -0.39 is 23.0 Å². The predicted octanol–water partition coefficient (Wildman–Crippen LogP) is 0.762. The third-order valence-electron chi connectivity index (χ3n) is 2.96. The van der Waals surface area contributed by atoms with Gasteiger partial charge in [0.05, 0.1) is 0 Å². The van der Waals surface area contributed by atoms with Gasteiger partial charge in [-0.15, -0.1) is 22.0 Å². The summed E-state index contributed by atoms with van der Waals surface area (Å²) >= 11 is 4.10. The first-order valence-corrected chi connectivity index (χ1v) is 8.71. The summed E-state index contributed by atoms with van der Waals surface area (Å²) in [7, 11) is 0. The number of aryl methyl sites for hydroxylation is 1. The number of amides is 1. The van der Waals surface area contributed by atoms with E-state index in [1.54, 1.807) is 0 Å². The molecule has 7 nitrogen and oxygen atoms in total. The molecule has 1 amide bonds. The largest absolute Gasteiger partial charge is 0.477 e. The van der Waals surface area contributed by atoms with Crippen molar-refractivity contribution in [2.24, 2.45) is 0 Å². The molecule has 2 aliphatic rings. The van der Waals surface area contributed by atoms with Crippen LogP contribution in [0.5, 0.6) is 0 Å². The Morgan fingerprint density at radius 1 is 1.48 bits per heavy atom. The van der Waals surface area contributed by atoms with Crippen molar-refractivity contribution >= 4 is 52.5 Å². The van der Waals surface area contributed by atoms with E-state index in [9.17, 15) is 19.5 Å². The summed E-state index contributed by atoms with van der Waals surface area (Å²) in [6.07, 6.45) is 0. The Balaban J connectivity index is 1.82. The number of aromatic nitrogens is 2. The summed E-state index contributed by atoms with van der Waals surface area (Å²) in [6, 6.07) is 0. The summed E-state index contributed by atoms with van der Waals surface area (Å²) in [5, 5.41) is 17.4. The van der Waals surface area contributed by atoms with Crippen LogP contribution in [0.4, 0.5) is 0 Å². The first-order chi connectivity index (χ1) is 9.99. The summed E-state index contributed by atoms with van der Waals surface area (Å²) in [4.78, 5) is 35.5. The highest BCUT2D eigenvalue weighted by molar-refractivity contribution is 8.02. The molecule has 1 aromatic rings. The molecular weight excluding hydrogens is 334 g/mol. The number of hydrogen-bond donors (Lipinski definition) is 1. The van der Waals surface area contributed by atoms with Gasteiger partial charge in [-0.3, -0.25) is 14.5 Å². The molecule has 0 aromatic carbocycles. The molecule has 0 saturated carbocycles. The average Bonchev–Trinajstić information content (AvgIpc) is 2.88. The van der Waals surface area contributed by atoms with Crippen molar-refractivity contribution in [3.63, 3.8) is 0 Å². The minimum absolute atomic E-state index is 0.0583. The van der Waals surface area contributed by atoms with Gasteiger partial charge in [0, 0.05) is 11.5 Å². The van der Waals surface area contributed by atoms with Crippen LogP contribution in [0, 0.1) is 6.92 Å². The van der Waals surface area contributed by atoms with Gasteiger partial charge >= 0.3 is 5.97 Å². The normalized spacial score (nSPS) is 21.4. The van der Waals surface area contributed by atoms with Crippen molar-refractivity contribution in [3.05, 3.63) is 16.3 Å². The van der Waals surface area contributed by atoms with Gasteiger partial charge in [0.2, 0.25) is 0 Å². The van der Waals surface area contributed by atoms with E-state index in [1.807, 2.05) is 6.92 Å². The highest BCUT2D eigenvalue weighted by atomic mass is 32.2. The first-order valence-electron chi connectivity index (χ1n) is 5.86. The number of rotatable bonds is 4. The van der Waals surface area contributed by atoms with Crippen LogP contribution in [-0.2, 0) is 14.4 Å². The Kier molecular flexibility index (Phi) is 3.76. The van der Waals surface area contributed by atoms with Gasteiger partial charge in [0.15, 0.2) is 9.71 Å². The molecule has 1 saturated heterocycles. The Labute approximate surface area is 131 Å². The number of carboxylic acids is 1. The van der Waals surface area contributed by atoms with Crippen LogP contribution in [0.1, 0.15) is 5.01 Å². The highest BCUT2D eigenvalue weighted by Gasteiger charge is 2.52. The summed E-state index contributed by atoms with van der Waals surface area (Å²) in [6.45, 7) is 1.84. The molecule has 21 heavy (non-hydrogen) atoms. The van der Waals surface area contributed by atoms with E-state index >= 15 is 0 Å². The van der Waals surface area contributed by atoms with E-state index in [-0.39, 0.29) is 5.70 Å². The Hall–Kier alpha value is -1.39. The molecule has 10 heteroatoms. The van der Waals surface area contributed by atoms with Gasteiger partial charge in [0.25, 0.3) is 11.7 Å². The van der Waals surface area contributed by atoms with Crippen molar-refractivity contribution < 1.29 is 19.5 Å². The number of fused-ring (bicyclic) bond motifs is 1. The second-order valence-corrected chi connectivity index (χ2v) is 7.81. The fraction of sp³-hybridized carbons (Fsp3) is 0.364. The number of nitrogens with zero attached hydrogens (tertiary/aromatic N) is 3. The van der Waals surface area contributed by atoms with Crippen LogP contribution in [0.25, 0.3) is 0 Å². The predicted molar refractivity (Wildman–Crippen MR) is 78.1 cm³/mol. The van der Waals surface area contributed by atoms with Crippen LogP contribution in [0.2, 0.25) is 0 Å². The minimum atomic E-state index is -1.18. The molecule has 3 rings (SSSR count). The van der Waals surface area contributed by atoms with Crippen LogP contribution >= 0.6 is 34.9 Å². The molecule has 1 aromatic heterocycles. The van der Waals surface area contributed by atoms with Gasteiger partial charge in [-0.25, -0.2) is 4.79 Å². The quantitative estimate of drug-likeness (QED) is 0.486. The Bertz CT molecular complexity index is 684. The first kappa shape index (κ1) is 14.5. The van der Waals surface area contributed by atoms with Gasteiger partial charge in [-0.1, -0.05) is 23.1 Å². The molecule has 0 aliphatic carbocycles. The van der Waals surface area contributed by atoms with Crippen LogP contribution in [-0.4, -0.2) is 54.7 Å². The van der Waals surface area contributed by atoms with Crippen molar-refractivity contribution in [1.29, 1.82) is 0 Å². The number of carbonyl (C=O) groups excluding carboxylic acids is 2. The second kappa shape index (κ2) is 5.43. The number of hydrogen-bond acceptors (Lipinski definition) is 8. The van der Waals surface area contributed by atoms with E-state index in [2.05, 4.69) is 10.2 Å². The number of carboxylic acid groups (broad SMARTS) is 1. The van der Waals surface area contributed by atoms with Gasteiger partial charge < -0.3 is 5.11 Å². The molecule has 3 heterocycles. The molecule has 1 atom stereocenters. The van der Waals surface area contributed by atoms with Crippen molar-refractivity contribution in [1.82, 2.24) is 15.1 Å². The zero-order chi connectivity index (χ0) is 15.1. The Morgan fingerprint density at radius 2 is 2.24 bits per heavy atom. The van der Waals surface area contributed by atoms with E-state index in [0.717, 1.165) is 14.2 Å². The monoisotopic (exact) mass is 343 g/mol. The maximum atomic E-state index is 11.6. The maximum Gasteiger partial charge on any atom is 0.352 e. The number of Topliss-reactive ketones (excluding diaryl/α,β-unsaturated/α-hetero) is 1. The minimum Gasteiger partial charge on any atom is -0.477 e. The zero-order valence-corrected chi connectivity index (χ0v) is 13.2. The number of aliphatic carboxylic acids is 1. The summed E-state index contributed by atoms with van der Waals surface area (Å²) in [5.74, 6) is -1.60. The van der Waals surface area contributed by atoms with Crippen molar-refractivity contribution in [2.45, 2.75) is 16.6 Å². The fourth-order valence-electron chi connectivity index (χ4n) is 2.02. The molecule has 110 valence electrons. The van der Waals surface area contributed by atoms with Crippen LogP contribution in [0.15, 0.2) is 15.6 Å². The van der Waals surface area contributed by atoms with Crippen molar-refractivity contribution in [2.75, 3.05) is 11.5 Å². The molecule has 1 N–H and O–H groups in total. The lowest BCUT2D eigenvalue weighted by Gasteiger charge is -2.42. The third-order valence-corrected chi connectivity index (χ3v) is 6.27. The van der Waals surface area contributed by atoms with E-state index in [1.165, 1.54) is 34.9 Å². The molecule has 0 radical (unpaired) electrons. The molecule has 0 bridgehead atoms. The van der Waals surface area contributed by atoms with Crippen LogP contribution in [0.3, 0.4) is 0 Å². The van der Waals surface area contributed by atoms with Crippen molar-refractivity contribution in [3.8, 4) is 0 Å². The lowest BCUT2D eigenvalue weighted by atomic mass is 10.1. The molecule has 1 fully saturated rings. The molecule has 0 spiro atoms. The third kappa shape index (κ3) is 2.47. The highest BCUT2D eigenvalue weighted by Crippen LogP contribution is 2.39. The lowest BCUT2D eigenvalue weighted by Crippen LogP contribution is -2.62. The SMILES string of the molecule is Cc1nnc(SCC2=C(C(=O)O)N3C(=O)C(=O)[C@H]3SC2)s1. The van der Waals surface area contributed by atoms with E-state index in [4.69, 9.17) is 0 Å². The number of ketones is 1. The average molecular weight is 343 g/mol. The van der Waals surface area contributed by atoms with Crippen LogP contribution < -0.4 is 0 Å². The molecular formula is C11H9N3O4S3. The van der Waals surface area contributed by atoms with Gasteiger partial charge in [-0.2, -0.15) is 0 Å². The standard InChI is InChI=1S/C11H9N3O4S3/c1-4-12-13-11(21-4)20-3-5-2-19-9-7(15)8(16)14(9)6(5)10(17)18/h9H,2-3H2,1H3,(H,17,18)/t9-/m1/s1. The van der Waals surface area contributed by atoms with Gasteiger partial charge in [-0.05, 0) is 12.5 Å². The summed E-state index contributed by atoms with van der Waals surface area (Å²) < 4.78 is 0.753. The molecule has 2 aliphatic heterocycles. The second-order valence-electron chi connectivity index (χ2n) is 4.34. The maximum absolute atomic E-state index is 11.6. The fourth-order valence-corrected chi connectivity index (χ4v) is 5.17. The van der Waals surface area contributed by atoms with Gasteiger partial charge in [0.1, 0.15) is 10.7 Å². The lowest BCUT2D eigenvalue weighted by molar-refractivity contribution is -0.156. The zero-order valence-electron chi connectivity index (χ0n) is 10.7. The van der Waals surface area contributed by atoms with E-state index in [0.29, 0.717) is 17.1 Å². The number of carbonyl (C=O) groups is 3. The topological polar surface area (TPSA) is 100 Å². The number of β-lactam (4-membered cyclic amide) rings is 1. The number of thioether (sulfide) groups is 2.